The van der Waals surface area contributed by atoms with Gasteiger partial charge in [-0.3, -0.25) is 4.90 Å². The number of amides is 1. The summed E-state index contributed by atoms with van der Waals surface area (Å²) in [5.74, 6) is 3.29. The summed E-state index contributed by atoms with van der Waals surface area (Å²) < 4.78 is 5.27. The lowest BCUT2D eigenvalue weighted by molar-refractivity contribution is 0.172. The Hall–Kier alpha value is -1.99. The number of hydrogen-bond acceptors (Lipinski definition) is 3. The Morgan fingerprint density at radius 1 is 1.33 bits per heavy atom. The summed E-state index contributed by atoms with van der Waals surface area (Å²) in [5, 5.41) is 0. The molecule has 0 aliphatic heterocycles. The minimum absolute atomic E-state index is 0.0924. The fourth-order valence-electron chi connectivity index (χ4n) is 1.91. The van der Waals surface area contributed by atoms with Gasteiger partial charge in [0.15, 0.2) is 0 Å². The molecule has 0 aromatic heterocycles. The molecule has 0 spiro atoms. The topological polar surface area (TPSA) is 32.8 Å². The number of hydrogen-bond donors (Lipinski definition) is 0. The van der Waals surface area contributed by atoms with Gasteiger partial charge in [-0.2, -0.15) is 0 Å². The van der Waals surface area contributed by atoms with Crippen LogP contribution in [-0.4, -0.2) is 49.1 Å². The zero-order valence-electron chi connectivity index (χ0n) is 13.5. The second-order valence-corrected chi connectivity index (χ2v) is 5.47. The summed E-state index contributed by atoms with van der Waals surface area (Å²) in [7, 11) is 5.33. The molecular formula is C17H24N2O2. The van der Waals surface area contributed by atoms with Crippen molar-refractivity contribution in [2.24, 2.45) is 0 Å². The Kier molecular flexibility index (Phi) is 6.26. The fourth-order valence-corrected chi connectivity index (χ4v) is 1.91. The van der Waals surface area contributed by atoms with E-state index in [0.717, 1.165) is 12.0 Å². The van der Waals surface area contributed by atoms with Crippen LogP contribution in [0.15, 0.2) is 24.3 Å². The molecule has 0 aliphatic rings. The van der Waals surface area contributed by atoms with Gasteiger partial charge in [-0.1, -0.05) is 18.1 Å². The normalized spacial score (nSPS) is 13.4. The average molecular weight is 288 g/mol. The molecule has 0 fully saturated rings. The Morgan fingerprint density at radius 3 is 2.57 bits per heavy atom. The molecule has 114 valence electrons. The molecule has 0 radical (unpaired) electrons. The number of ether oxygens (including phenoxy) is 1. The van der Waals surface area contributed by atoms with E-state index in [1.807, 2.05) is 32.2 Å². The lowest BCUT2D eigenvalue weighted by Gasteiger charge is -2.27. The molecule has 1 amide bonds. The molecule has 1 rings (SSSR count). The van der Waals surface area contributed by atoms with Crippen LogP contribution in [0.1, 0.15) is 19.4 Å². The van der Waals surface area contributed by atoms with E-state index in [0.29, 0.717) is 11.8 Å². The smallest absolute Gasteiger partial charge is 0.410 e. The van der Waals surface area contributed by atoms with Crippen LogP contribution in [-0.2, 0) is 6.42 Å². The van der Waals surface area contributed by atoms with Crippen LogP contribution < -0.4 is 4.74 Å². The van der Waals surface area contributed by atoms with Gasteiger partial charge in [0.1, 0.15) is 5.75 Å². The highest BCUT2D eigenvalue weighted by Crippen LogP contribution is 2.17. The van der Waals surface area contributed by atoms with E-state index in [1.54, 1.807) is 20.2 Å². The zero-order valence-corrected chi connectivity index (χ0v) is 13.5. The van der Waals surface area contributed by atoms with E-state index in [-0.39, 0.29) is 12.1 Å². The van der Waals surface area contributed by atoms with Crippen LogP contribution in [0.25, 0.3) is 0 Å². The van der Waals surface area contributed by atoms with Gasteiger partial charge in [-0.05, 0) is 45.0 Å². The molecule has 4 nitrogen and oxygen atoms in total. The summed E-state index contributed by atoms with van der Waals surface area (Å²) in [4.78, 5) is 15.1. The van der Waals surface area contributed by atoms with Crippen LogP contribution in [0.3, 0.4) is 0 Å². The molecule has 0 heterocycles. The predicted octanol–water partition coefficient (Wildman–Crippen LogP) is 2.63. The van der Waals surface area contributed by atoms with E-state index in [4.69, 9.17) is 11.2 Å². The minimum Gasteiger partial charge on any atom is -0.410 e. The van der Waals surface area contributed by atoms with Crippen LogP contribution in [0, 0.1) is 12.3 Å². The van der Waals surface area contributed by atoms with Crippen molar-refractivity contribution in [3.63, 3.8) is 0 Å². The van der Waals surface area contributed by atoms with Crippen LogP contribution >= 0.6 is 0 Å². The van der Waals surface area contributed by atoms with E-state index >= 15 is 0 Å². The molecule has 1 aromatic rings. The first kappa shape index (κ1) is 17.1. The minimum atomic E-state index is -0.377. The third-order valence-corrected chi connectivity index (χ3v) is 3.55. The van der Waals surface area contributed by atoms with Gasteiger partial charge in [-0.25, -0.2) is 4.79 Å². The number of rotatable bonds is 5. The summed E-state index contributed by atoms with van der Waals surface area (Å²) in [5.41, 5.74) is 1.11. The fraction of sp³-hybridized carbons (Fsp3) is 0.471. The van der Waals surface area contributed by atoms with Gasteiger partial charge in [0.05, 0.1) is 6.04 Å². The molecule has 0 saturated carbocycles. The second-order valence-electron chi connectivity index (χ2n) is 5.47. The number of likely N-dealkylation sites (N-methyl/N-ethyl adjacent to an activating group) is 1. The maximum atomic E-state index is 11.6. The second kappa shape index (κ2) is 7.70. The van der Waals surface area contributed by atoms with Crippen LogP contribution in [0.2, 0.25) is 0 Å². The first-order valence-corrected chi connectivity index (χ1v) is 7.01. The molecule has 0 saturated heterocycles. The summed E-state index contributed by atoms with van der Waals surface area (Å²) in [6.45, 7) is 4.14. The number of terminal acetylenes is 1. The summed E-state index contributed by atoms with van der Waals surface area (Å²) in [6, 6.07) is 7.99. The molecule has 0 aliphatic carbocycles. The Morgan fingerprint density at radius 2 is 2.00 bits per heavy atom. The Labute approximate surface area is 127 Å². The quantitative estimate of drug-likeness (QED) is 0.781. The van der Waals surface area contributed by atoms with Crippen molar-refractivity contribution in [1.29, 1.82) is 0 Å². The van der Waals surface area contributed by atoms with Crippen molar-refractivity contribution in [3.05, 3.63) is 29.8 Å². The van der Waals surface area contributed by atoms with E-state index in [2.05, 4.69) is 17.7 Å². The monoisotopic (exact) mass is 288 g/mol. The van der Waals surface area contributed by atoms with Gasteiger partial charge < -0.3 is 9.64 Å². The van der Waals surface area contributed by atoms with Crippen molar-refractivity contribution < 1.29 is 9.53 Å². The van der Waals surface area contributed by atoms with Crippen LogP contribution in [0.4, 0.5) is 4.79 Å². The Bertz CT molecular complexity index is 520. The standard InChI is InChI=1S/C17H24N2O2/c1-7-13(2)19(6)14(3)11-15-9-8-10-16(12-15)21-17(20)18(4)5/h1,8-10,12-14H,11H2,2-6H3. The van der Waals surface area contributed by atoms with Gasteiger partial charge in [0.2, 0.25) is 0 Å². The highest BCUT2D eigenvalue weighted by molar-refractivity contribution is 5.69. The SMILES string of the molecule is C#CC(C)N(C)C(C)Cc1cccc(OC(=O)N(C)C)c1. The Balaban J connectivity index is 2.73. The average Bonchev–Trinajstić information content (AvgIpc) is 2.45. The third kappa shape index (κ3) is 5.13. The van der Waals surface area contributed by atoms with Gasteiger partial charge in [0.25, 0.3) is 0 Å². The molecule has 21 heavy (non-hydrogen) atoms. The van der Waals surface area contributed by atoms with Crippen molar-refractivity contribution in [2.45, 2.75) is 32.4 Å². The number of carbonyl (C=O) groups is 1. The van der Waals surface area contributed by atoms with Gasteiger partial charge >= 0.3 is 6.09 Å². The van der Waals surface area contributed by atoms with Crippen molar-refractivity contribution in [2.75, 3.05) is 21.1 Å². The predicted molar refractivity (Wildman–Crippen MR) is 85.4 cm³/mol. The maximum absolute atomic E-state index is 11.6. The maximum Gasteiger partial charge on any atom is 0.414 e. The zero-order chi connectivity index (χ0) is 16.0. The van der Waals surface area contributed by atoms with Gasteiger partial charge in [-0.15, -0.1) is 6.42 Å². The molecule has 4 heteroatoms. The van der Waals surface area contributed by atoms with E-state index in [1.165, 1.54) is 4.90 Å². The summed E-state index contributed by atoms with van der Waals surface area (Å²) in [6.07, 6.45) is 5.92. The summed E-state index contributed by atoms with van der Waals surface area (Å²) >= 11 is 0. The highest BCUT2D eigenvalue weighted by Gasteiger charge is 2.15. The lowest BCUT2D eigenvalue weighted by atomic mass is 10.0. The number of benzene rings is 1. The molecule has 2 atom stereocenters. The highest BCUT2D eigenvalue weighted by atomic mass is 16.6. The van der Waals surface area contributed by atoms with Crippen molar-refractivity contribution in [3.8, 4) is 18.1 Å². The molecule has 0 bridgehead atoms. The third-order valence-electron chi connectivity index (χ3n) is 3.55. The van der Waals surface area contributed by atoms with Crippen molar-refractivity contribution in [1.82, 2.24) is 9.80 Å². The first-order chi connectivity index (χ1) is 9.85. The number of nitrogens with zero attached hydrogens (tertiary/aromatic N) is 2. The van der Waals surface area contributed by atoms with E-state index < -0.39 is 0 Å². The van der Waals surface area contributed by atoms with E-state index in [9.17, 15) is 4.79 Å². The van der Waals surface area contributed by atoms with Crippen molar-refractivity contribution >= 4 is 6.09 Å². The van der Waals surface area contributed by atoms with Gasteiger partial charge in [0, 0.05) is 20.1 Å². The molecule has 1 aromatic carbocycles. The first-order valence-electron chi connectivity index (χ1n) is 7.01. The molecular weight excluding hydrogens is 264 g/mol. The molecule has 0 N–H and O–H groups in total. The molecule has 2 unspecified atom stereocenters. The lowest BCUT2D eigenvalue weighted by Crippen LogP contribution is -2.37. The number of carbonyl (C=O) groups excluding carboxylic acids is 1. The largest absolute Gasteiger partial charge is 0.414 e. The van der Waals surface area contributed by atoms with Crippen LogP contribution in [0.5, 0.6) is 5.75 Å².